The van der Waals surface area contributed by atoms with Gasteiger partial charge in [0.05, 0.1) is 21.9 Å². The number of Topliss-reactive ketones (excluding diaryl/α,β-unsaturated/α-hetero) is 1. The van der Waals surface area contributed by atoms with Crippen molar-refractivity contribution in [2.24, 2.45) is 0 Å². The fourth-order valence-electron chi connectivity index (χ4n) is 3.04. The number of furan rings is 1. The maximum absolute atomic E-state index is 12.6. The number of hydrogen-bond acceptors (Lipinski definition) is 7. The van der Waals surface area contributed by atoms with Crippen molar-refractivity contribution in [2.75, 3.05) is 6.54 Å². The molecule has 1 aromatic heterocycles. The highest BCUT2D eigenvalue weighted by Crippen LogP contribution is 2.35. The van der Waals surface area contributed by atoms with E-state index in [1.54, 1.807) is 60.7 Å². The van der Waals surface area contributed by atoms with Crippen molar-refractivity contribution in [1.82, 2.24) is 4.90 Å². The van der Waals surface area contributed by atoms with E-state index in [0.717, 1.165) is 4.90 Å². The second-order valence-electron chi connectivity index (χ2n) is 6.53. The van der Waals surface area contributed by atoms with Gasteiger partial charge in [-0.15, -0.1) is 0 Å². The quantitative estimate of drug-likeness (QED) is 0.238. The van der Waals surface area contributed by atoms with Crippen LogP contribution >= 0.6 is 11.8 Å². The average molecular weight is 434 g/mol. The topological polar surface area (TPSA) is 111 Å². The molecule has 0 N–H and O–H groups in total. The Labute approximate surface area is 180 Å². The minimum Gasteiger partial charge on any atom is -0.456 e. The lowest BCUT2D eigenvalue weighted by atomic mass is 10.1. The van der Waals surface area contributed by atoms with Gasteiger partial charge in [0.1, 0.15) is 11.5 Å². The lowest BCUT2D eigenvalue weighted by molar-refractivity contribution is -0.384. The number of amides is 2. The highest BCUT2D eigenvalue weighted by molar-refractivity contribution is 8.18. The number of thioether (sulfide) groups is 1. The summed E-state index contributed by atoms with van der Waals surface area (Å²) < 4.78 is 5.65. The molecule has 0 radical (unpaired) electrons. The van der Waals surface area contributed by atoms with E-state index in [4.69, 9.17) is 4.42 Å². The van der Waals surface area contributed by atoms with Gasteiger partial charge < -0.3 is 4.42 Å². The van der Waals surface area contributed by atoms with Gasteiger partial charge in [0.25, 0.3) is 16.8 Å². The summed E-state index contributed by atoms with van der Waals surface area (Å²) in [6.07, 6.45) is 1.39. The summed E-state index contributed by atoms with van der Waals surface area (Å²) in [6.45, 7) is -0.356. The monoisotopic (exact) mass is 434 g/mol. The minimum atomic E-state index is -0.595. The Morgan fingerprint density at radius 1 is 1.03 bits per heavy atom. The lowest BCUT2D eigenvalue weighted by Crippen LogP contribution is -2.33. The predicted molar refractivity (Wildman–Crippen MR) is 114 cm³/mol. The number of imide groups is 1. The van der Waals surface area contributed by atoms with Crippen molar-refractivity contribution in [2.45, 2.75) is 0 Å². The van der Waals surface area contributed by atoms with Crippen LogP contribution in [-0.4, -0.2) is 33.3 Å². The van der Waals surface area contributed by atoms with Crippen LogP contribution in [0.5, 0.6) is 0 Å². The SMILES string of the molecule is O=C(CN1C(=O)S/C(=C\c2ccc(-c3ccccc3[N+](=O)[O-])o2)C1=O)c1ccccc1. The Morgan fingerprint density at radius 2 is 1.74 bits per heavy atom. The van der Waals surface area contributed by atoms with Crippen LogP contribution in [0.25, 0.3) is 17.4 Å². The molecule has 0 bridgehead atoms. The molecule has 2 aromatic carbocycles. The minimum absolute atomic E-state index is 0.106. The Hall–Kier alpha value is -3.98. The summed E-state index contributed by atoms with van der Waals surface area (Å²) in [4.78, 5) is 49.0. The van der Waals surface area contributed by atoms with Gasteiger partial charge in [-0.3, -0.25) is 29.4 Å². The first kappa shape index (κ1) is 20.3. The van der Waals surface area contributed by atoms with E-state index in [9.17, 15) is 24.5 Å². The Bertz CT molecular complexity index is 1230. The molecule has 0 aliphatic carbocycles. The maximum Gasteiger partial charge on any atom is 0.293 e. The molecule has 1 fully saturated rings. The molecular formula is C22H14N2O6S. The number of nitro groups is 1. The van der Waals surface area contributed by atoms with Crippen LogP contribution in [0, 0.1) is 10.1 Å². The third kappa shape index (κ3) is 4.17. The number of carbonyl (C=O) groups is 3. The van der Waals surface area contributed by atoms with Crippen LogP contribution in [0.15, 0.2) is 76.1 Å². The van der Waals surface area contributed by atoms with Crippen molar-refractivity contribution in [1.29, 1.82) is 0 Å². The molecule has 9 heteroatoms. The Morgan fingerprint density at radius 3 is 2.48 bits per heavy atom. The lowest BCUT2D eigenvalue weighted by Gasteiger charge is -2.11. The normalized spacial score (nSPS) is 15.0. The summed E-state index contributed by atoms with van der Waals surface area (Å²) in [5.41, 5.74) is 0.600. The Kier molecular flexibility index (Phi) is 5.50. The molecule has 0 atom stereocenters. The fraction of sp³-hybridized carbons (Fsp3) is 0.0455. The molecule has 0 saturated carbocycles. The molecule has 0 spiro atoms. The van der Waals surface area contributed by atoms with Crippen molar-refractivity contribution in [3.8, 4) is 11.3 Å². The summed E-state index contributed by atoms with van der Waals surface area (Å²) >= 11 is 0.705. The molecule has 1 saturated heterocycles. The number of rotatable bonds is 6. The van der Waals surface area contributed by atoms with Crippen LogP contribution in [0.1, 0.15) is 16.1 Å². The maximum atomic E-state index is 12.6. The van der Waals surface area contributed by atoms with Gasteiger partial charge in [-0.2, -0.15) is 0 Å². The smallest absolute Gasteiger partial charge is 0.293 e. The van der Waals surface area contributed by atoms with Gasteiger partial charge in [0.15, 0.2) is 5.78 Å². The van der Waals surface area contributed by atoms with Crippen molar-refractivity contribution < 1.29 is 23.7 Å². The number of para-hydroxylation sites is 1. The number of benzene rings is 2. The average Bonchev–Trinajstić information content (AvgIpc) is 3.34. The standard InChI is InChI=1S/C22H14N2O6S/c25-18(14-6-2-1-3-7-14)13-23-21(26)20(31-22(23)27)12-15-10-11-19(30-15)16-8-4-5-9-17(16)24(28)29/h1-12H,13H2/b20-12-. The first-order chi connectivity index (χ1) is 14.9. The first-order valence-corrected chi connectivity index (χ1v) is 9.93. The number of hydrogen-bond donors (Lipinski definition) is 0. The van der Waals surface area contributed by atoms with Gasteiger partial charge >= 0.3 is 0 Å². The summed E-state index contributed by atoms with van der Waals surface area (Å²) in [5, 5.41) is 10.7. The zero-order valence-corrected chi connectivity index (χ0v) is 16.7. The molecule has 4 rings (SSSR count). The van der Waals surface area contributed by atoms with Crippen molar-refractivity contribution in [3.63, 3.8) is 0 Å². The van der Waals surface area contributed by atoms with Crippen molar-refractivity contribution >= 4 is 40.5 Å². The van der Waals surface area contributed by atoms with Gasteiger partial charge in [-0.05, 0) is 30.0 Å². The highest BCUT2D eigenvalue weighted by Gasteiger charge is 2.36. The molecule has 154 valence electrons. The van der Waals surface area contributed by atoms with E-state index in [-0.39, 0.29) is 34.4 Å². The first-order valence-electron chi connectivity index (χ1n) is 9.11. The van der Waals surface area contributed by atoms with Crippen LogP contribution in [0.4, 0.5) is 10.5 Å². The number of carbonyl (C=O) groups excluding carboxylic acids is 3. The second-order valence-corrected chi connectivity index (χ2v) is 7.53. The molecule has 2 amide bonds. The van der Waals surface area contributed by atoms with Gasteiger partial charge in [0.2, 0.25) is 0 Å². The molecule has 2 heterocycles. The zero-order valence-electron chi connectivity index (χ0n) is 15.9. The van der Waals surface area contributed by atoms with E-state index in [1.807, 2.05) is 0 Å². The molecule has 8 nitrogen and oxygen atoms in total. The number of ketones is 1. The highest BCUT2D eigenvalue weighted by atomic mass is 32.2. The van der Waals surface area contributed by atoms with E-state index < -0.39 is 16.1 Å². The van der Waals surface area contributed by atoms with E-state index in [1.165, 1.54) is 12.1 Å². The number of nitro benzene ring substituents is 1. The van der Waals surface area contributed by atoms with Crippen LogP contribution in [-0.2, 0) is 4.79 Å². The van der Waals surface area contributed by atoms with Gasteiger partial charge in [-0.1, -0.05) is 42.5 Å². The van der Waals surface area contributed by atoms with Crippen LogP contribution in [0.3, 0.4) is 0 Å². The second kappa shape index (κ2) is 8.41. The molecule has 0 unspecified atom stereocenters. The summed E-state index contributed by atoms with van der Waals surface area (Å²) in [5.74, 6) is -0.422. The van der Waals surface area contributed by atoms with E-state index in [0.29, 0.717) is 22.9 Å². The molecule has 1 aliphatic rings. The fourth-order valence-corrected chi connectivity index (χ4v) is 3.86. The molecule has 31 heavy (non-hydrogen) atoms. The summed E-state index contributed by atoms with van der Waals surface area (Å²) in [6, 6.07) is 17.6. The third-order valence-electron chi connectivity index (χ3n) is 4.54. The molecule has 1 aliphatic heterocycles. The van der Waals surface area contributed by atoms with E-state index in [2.05, 4.69) is 0 Å². The van der Waals surface area contributed by atoms with Crippen LogP contribution in [0.2, 0.25) is 0 Å². The largest absolute Gasteiger partial charge is 0.456 e. The molecule has 3 aromatic rings. The Balaban J connectivity index is 1.54. The zero-order chi connectivity index (χ0) is 22.0. The van der Waals surface area contributed by atoms with Gasteiger partial charge in [0, 0.05) is 17.7 Å². The predicted octanol–water partition coefficient (Wildman–Crippen LogP) is 4.77. The number of nitrogens with zero attached hydrogens (tertiary/aromatic N) is 2. The summed E-state index contributed by atoms with van der Waals surface area (Å²) in [7, 11) is 0. The van der Waals surface area contributed by atoms with E-state index >= 15 is 0 Å². The third-order valence-corrected chi connectivity index (χ3v) is 5.44. The van der Waals surface area contributed by atoms with Gasteiger partial charge in [-0.25, -0.2) is 0 Å². The van der Waals surface area contributed by atoms with Crippen molar-refractivity contribution in [3.05, 3.63) is 93.1 Å². The molecular weight excluding hydrogens is 420 g/mol. The van der Waals surface area contributed by atoms with Crippen LogP contribution < -0.4 is 0 Å².